The SMILES string of the molecule is Cc1cc2c(c3cn[nH]c13)CN(CC(F)(F)F)C(=O)[C@H](CC(=O)O)C2. The average molecular weight is 355 g/mol. The van der Waals surface area contributed by atoms with Crippen molar-refractivity contribution in [3.05, 3.63) is 29.0 Å². The molecule has 0 radical (unpaired) electrons. The molecule has 0 aliphatic carbocycles. The van der Waals surface area contributed by atoms with Crippen LogP contribution in [-0.2, 0) is 22.6 Å². The summed E-state index contributed by atoms with van der Waals surface area (Å²) in [6.07, 6.45) is -3.45. The smallest absolute Gasteiger partial charge is 0.406 e. The predicted octanol–water partition coefficient (Wildman–Crippen LogP) is 2.41. The molecule has 0 fully saturated rings. The van der Waals surface area contributed by atoms with Crippen molar-refractivity contribution in [3.63, 3.8) is 0 Å². The maximum atomic E-state index is 12.9. The van der Waals surface area contributed by atoms with Crippen LogP contribution in [0.1, 0.15) is 23.1 Å². The number of carboxylic acid groups (broad SMARTS) is 1. The Kier molecular flexibility index (Phi) is 4.18. The average Bonchev–Trinajstić information content (AvgIpc) is 2.93. The second-order valence-electron chi connectivity index (χ2n) is 6.30. The molecule has 1 atom stereocenters. The van der Waals surface area contributed by atoms with E-state index in [-0.39, 0.29) is 13.0 Å². The number of fused-ring (bicyclic) bond motifs is 3. The molecule has 0 saturated heterocycles. The van der Waals surface area contributed by atoms with E-state index in [2.05, 4.69) is 10.2 Å². The summed E-state index contributed by atoms with van der Waals surface area (Å²) in [5.41, 5.74) is 2.82. The highest BCUT2D eigenvalue weighted by atomic mass is 19.4. The number of aromatic nitrogens is 2. The third-order valence-electron chi connectivity index (χ3n) is 4.40. The van der Waals surface area contributed by atoms with Gasteiger partial charge in [-0.1, -0.05) is 6.07 Å². The van der Waals surface area contributed by atoms with Gasteiger partial charge < -0.3 is 10.0 Å². The number of aryl methyl sites for hydroxylation is 1. The van der Waals surface area contributed by atoms with Gasteiger partial charge in [0.15, 0.2) is 0 Å². The molecule has 0 spiro atoms. The summed E-state index contributed by atoms with van der Waals surface area (Å²) in [6.45, 7) is 0.196. The quantitative estimate of drug-likeness (QED) is 0.885. The second-order valence-corrected chi connectivity index (χ2v) is 6.30. The molecule has 0 saturated carbocycles. The van der Waals surface area contributed by atoms with E-state index in [9.17, 15) is 22.8 Å². The van der Waals surface area contributed by atoms with Crippen molar-refractivity contribution in [2.45, 2.75) is 32.5 Å². The van der Waals surface area contributed by atoms with E-state index in [4.69, 9.17) is 5.11 Å². The van der Waals surface area contributed by atoms with Crippen molar-refractivity contribution in [2.75, 3.05) is 6.54 Å². The topological polar surface area (TPSA) is 86.3 Å². The maximum absolute atomic E-state index is 12.9. The van der Waals surface area contributed by atoms with Gasteiger partial charge in [0.25, 0.3) is 0 Å². The van der Waals surface area contributed by atoms with Crippen LogP contribution in [0.25, 0.3) is 10.9 Å². The van der Waals surface area contributed by atoms with Gasteiger partial charge in [-0.05, 0) is 30.0 Å². The highest BCUT2D eigenvalue weighted by Gasteiger charge is 2.38. The molecule has 1 aromatic carbocycles. The van der Waals surface area contributed by atoms with Crippen molar-refractivity contribution in [1.29, 1.82) is 0 Å². The zero-order chi connectivity index (χ0) is 18.4. The van der Waals surface area contributed by atoms with Crippen LogP contribution in [0, 0.1) is 12.8 Å². The Morgan fingerprint density at radius 2 is 2.20 bits per heavy atom. The molecular weight excluding hydrogens is 339 g/mol. The number of benzene rings is 1. The zero-order valence-electron chi connectivity index (χ0n) is 13.4. The lowest BCUT2D eigenvalue weighted by Gasteiger charge is -2.25. The zero-order valence-corrected chi connectivity index (χ0v) is 13.4. The van der Waals surface area contributed by atoms with Crippen LogP contribution in [0.2, 0.25) is 0 Å². The van der Waals surface area contributed by atoms with Crippen LogP contribution < -0.4 is 0 Å². The van der Waals surface area contributed by atoms with E-state index in [1.807, 2.05) is 6.92 Å². The fourth-order valence-electron chi connectivity index (χ4n) is 3.38. The molecule has 1 aliphatic heterocycles. The van der Waals surface area contributed by atoms with E-state index in [1.165, 1.54) is 6.20 Å². The van der Waals surface area contributed by atoms with Crippen molar-refractivity contribution < 1.29 is 27.9 Å². The number of carboxylic acids is 1. The number of nitrogens with zero attached hydrogens (tertiary/aromatic N) is 2. The van der Waals surface area contributed by atoms with Gasteiger partial charge in [-0.15, -0.1) is 0 Å². The van der Waals surface area contributed by atoms with E-state index in [1.54, 1.807) is 6.07 Å². The largest absolute Gasteiger partial charge is 0.481 e. The third-order valence-corrected chi connectivity index (χ3v) is 4.40. The van der Waals surface area contributed by atoms with E-state index in [0.717, 1.165) is 5.56 Å². The normalized spacial score (nSPS) is 18.3. The number of carbonyl (C=O) groups excluding carboxylic acids is 1. The molecule has 2 N–H and O–H groups in total. The molecule has 2 heterocycles. The molecule has 134 valence electrons. The lowest BCUT2D eigenvalue weighted by molar-refractivity contribution is -0.165. The number of aliphatic carboxylic acids is 1. The van der Waals surface area contributed by atoms with Crippen LogP contribution in [0.3, 0.4) is 0 Å². The number of amides is 1. The first-order valence-corrected chi connectivity index (χ1v) is 7.67. The fourth-order valence-corrected chi connectivity index (χ4v) is 3.38. The Hall–Kier alpha value is -2.58. The summed E-state index contributed by atoms with van der Waals surface area (Å²) < 4.78 is 38.7. The van der Waals surface area contributed by atoms with Gasteiger partial charge in [0.2, 0.25) is 5.91 Å². The predicted molar refractivity (Wildman–Crippen MR) is 81.7 cm³/mol. The summed E-state index contributed by atoms with van der Waals surface area (Å²) in [7, 11) is 0. The summed E-state index contributed by atoms with van der Waals surface area (Å²) in [6, 6.07) is 1.79. The molecule has 1 aliphatic rings. The molecule has 0 bridgehead atoms. The second kappa shape index (κ2) is 6.05. The summed E-state index contributed by atoms with van der Waals surface area (Å²) in [5.74, 6) is -3.02. The number of rotatable bonds is 3. The van der Waals surface area contributed by atoms with Crippen LogP contribution in [0.15, 0.2) is 12.3 Å². The van der Waals surface area contributed by atoms with Gasteiger partial charge in [0.1, 0.15) is 6.54 Å². The third kappa shape index (κ3) is 3.45. The molecule has 3 rings (SSSR count). The maximum Gasteiger partial charge on any atom is 0.406 e. The van der Waals surface area contributed by atoms with Crippen LogP contribution in [0.4, 0.5) is 13.2 Å². The molecule has 1 amide bonds. The number of halogens is 3. The Bertz CT molecular complexity index is 844. The minimum absolute atomic E-state index is 0.0940. The van der Waals surface area contributed by atoms with Crippen molar-refractivity contribution in [3.8, 4) is 0 Å². The minimum atomic E-state index is -4.56. The standard InChI is InChI=1S/C16H16F3N3O3/c1-8-2-9-3-10(4-13(23)24)15(25)22(7-16(17,18)19)6-12(9)11-5-20-21-14(8)11/h2,5,10H,3-4,6-7H2,1H3,(H,20,21)(H,23,24)/t10-/m0/s1. The first kappa shape index (κ1) is 17.2. The highest BCUT2D eigenvalue weighted by Crippen LogP contribution is 2.33. The van der Waals surface area contributed by atoms with E-state index >= 15 is 0 Å². The van der Waals surface area contributed by atoms with Gasteiger partial charge in [-0.3, -0.25) is 14.7 Å². The van der Waals surface area contributed by atoms with Crippen molar-refractivity contribution in [2.24, 2.45) is 5.92 Å². The molecule has 25 heavy (non-hydrogen) atoms. The lowest BCUT2D eigenvalue weighted by Crippen LogP contribution is -2.41. The Labute approximate surface area is 140 Å². The summed E-state index contributed by atoms with van der Waals surface area (Å²) >= 11 is 0. The van der Waals surface area contributed by atoms with Gasteiger partial charge in [-0.2, -0.15) is 18.3 Å². The van der Waals surface area contributed by atoms with E-state index in [0.29, 0.717) is 26.9 Å². The van der Waals surface area contributed by atoms with Gasteiger partial charge in [0.05, 0.1) is 24.1 Å². The van der Waals surface area contributed by atoms with Crippen LogP contribution >= 0.6 is 0 Å². The van der Waals surface area contributed by atoms with Crippen LogP contribution in [0.5, 0.6) is 0 Å². The molecule has 9 heteroatoms. The van der Waals surface area contributed by atoms with Gasteiger partial charge >= 0.3 is 12.1 Å². The number of alkyl halides is 3. The monoisotopic (exact) mass is 355 g/mol. The fraction of sp³-hybridized carbons (Fsp3) is 0.438. The van der Waals surface area contributed by atoms with Gasteiger partial charge in [0, 0.05) is 11.9 Å². The van der Waals surface area contributed by atoms with Crippen molar-refractivity contribution >= 4 is 22.8 Å². The number of H-pyrrole nitrogens is 1. The lowest BCUT2D eigenvalue weighted by atomic mass is 9.91. The number of hydrogen-bond acceptors (Lipinski definition) is 3. The first-order valence-electron chi connectivity index (χ1n) is 7.67. The number of nitrogens with one attached hydrogen (secondary N) is 1. The molecule has 1 aromatic heterocycles. The first-order chi connectivity index (χ1) is 11.7. The Morgan fingerprint density at radius 3 is 2.84 bits per heavy atom. The number of hydrogen-bond donors (Lipinski definition) is 2. The molecule has 6 nitrogen and oxygen atoms in total. The van der Waals surface area contributed by atoms with Crippen molar-refractivity contribution in [1.82, 2.24) is 15.1 Å². The minimum Gasteiger partial charge on any atom is -0.481 e. The molecule has 0 unspecified atom stereocenters. The molecule has 2 aromatic rings. The number of carbonyl (C=O) groups is 2. The Balaban J connectivity index is 2.11. The number of aromatic amines is 1. The summed E-state index contributed by atoms with van der Waals surface area (Å²) in [5, 5.41) is 16.4. The highest BCUT2D eigenvalue weighted by molar-refractivity contribution is 5.89. The Morgan fingerprint density at radius 1 is 1.48 bits per heavy atom. The van der Waals surface area contributed by atoms with Crippen LogP contribution in [-0.4, -0.2) is 44.8 Å². The molecular formula is C16H16F3N3O3. The van der Waals surface area contributed by atoms with E-state index < -0.39 is 36.9 Å². The summed E-state index contributed by atoms with van der Waals surface area (Å²) in [4.78, 5) is 24.3. The van der Waals surface area contributed by atoms with Gasteiger partial charge in [-0.25, -0.2) is 0 Å².